The number of hydrogen-bond acceptors (Lipinski definition) is 2. The van der Waals surface area contributed by atoms with Gasteiger partial charge < -0.3 is 10.1 Å². The number of alkyl carbamates (subject to hydrolysis) is 1. The van der Waals surface area contributed by atoms with E-state index in [1.807, 2.05) is 26.8 Å². The van der Waals surface area contributed by atoms with E-state index in [2.05, 4.69) is 51.0 Å². The summed E-state index contributed by atoms with van der Waals surface area (Å²) in [7, 11) is 0. The number of hydrogen-bond donors (Lipinski definition) is 1. The molecule has 0 rings (SSSR count). The molecule has 0 aliphatic carbocycles. The van der Waals surface area contributed by atoms with Crippen molar-refractivity contribution in [1.82, 2.24) is 5.32 Å². The molecule has 0 aliphatic rings. The van der Waals surface area contributed by atoms with Crippen LogP contribution in [-0.2, 0) is 4.74 Å². The molecule has 1 amide bonds. The van der Waals surface area contributed by atoms with E-state index in [-0.39, 0.29) is 12.1 Å². The molecule has 0 aromatic heterocycles. The highest BCUT2D eigenvalue weighted by molar-refractivity contribution is 9.28. The Hall–Kier alpha value is -0.0300. The molecule has 0 aromatic rings. The van der Waals surface area contributed by atoms with Gasteiger partial charge in [-0.1, -0.05) is 13.8 Å². The molecular weight excluding hydrogens is 350 g/mol. The lowest BCUT2D eigenvalue weighted by atomic mass is 10.0. The van der Waals surface area contributed by atoms with Crippen molar-refractivity contribution in [2.45, 2.75) is 52.7 Å². The van der Waals surface area contributed by atoms with Gasteiger partial charge in [-0.3, -0.25) is 0 Å². The summed E-state index contributed by atoms with van der Waals surface area (Å²) in [5.41, 5.74) is -0.470. The zero-order chi connectivity index (χ0) is 13.6. The van der Waals surface area contributed by atoms with E-state index in [4.69, 9.17) is 4.74 Å². The van der Waals surface area contributed by atoms with Gasteiger partial charge in [0.25, 0.3) is 0 Å². The quantitative estimate of drug-likeness (QED) is 0.787. The van der Waals surface area contributed by atoms with E-state index in [0.717, 1.165) is 9.81 Å². The Kier molecular flexibility index (Phi) is 7.40. The number of nitrogens with one attached hydrogen (secondary N) is 1. The lowest BCUT2D eigenvalue weighted by molar-refractivity contribution is 0.0510. The SMILES string of the molecule is CC(C)C[C@H](C=C(Br)Br)NC(=O)OC(C)(C)C. The van der Waals surface area contributed by atoms with Crippen molar-refractivity contribution in [2.75, 3.05) is 0 Å². The van der Waals surface area contributed by atoms with Gasteiger partial charge in [-0.25, -0.2) is 4.79 Å². The largest absolute Gasteiger partial charge is 0.444 e. The van der Waals surface area contributed by atoms with Crippen molar-refractivity contribution in [3.8, 4) is 0 Å². The molecule has 1 atom stereocenters. The van der Waals surface area contributed by atoms with Crippen LogP contribution < -0.4 is 5.32 Å². The van der Waals surface area contributed by atoms with Gasteiger partial charge in [0.1, 0.15) is 5.60 Å². The summed E-state index contributed by atoms with van der Waals surface area (Å²) in [4.78, 5) is 11.6. The molecule has 1 N–H and O–H groups in total. The number of ether oxygens (including phenoxy) is 1. The fourth-order valence-corrected chi connectivity index (χ4v) is 1.93. The normalized spacial score (nSPS) is 13.2. The maximum atomic E-state index is 11.6. The number of amides is 1. The highest BCUT2D eigenvalue weighted by atomic mass is 79.9. The molecule has 0 radical (unpaired) electrons. The third-order valence-electron chi connectivity index (χ3n) is 1.75. The Bertz CT molecular complexity index is 279. The first kappa shape index (κ1) is 17.0. The van der Waals surface area contributed by atoms with Crippen molar-refractivity contribution >= 4 is 38.0 Å². The Morgan fingerprint density at radius 3 is 2.24 bits per heavy atom. The lowest BCUT2D eigenvalue weighted by Crippen LogP contribution is -2.38. The summed E-state index contributed by atoms with van der Waals surface area (Å²) in [6.07, 6.45) is 2.38. The van der Waals surface area contributed by atoms with Gasteiger partial charge in [-0.2, -0.15) is 0 Å². The van der Waals surface area contributed by atoms with Gasteiger partial charge in [0, 0.05) is 0 Å². The fraction of sp³-hybridized carbons (Fsp3) is 0.750. The number of carbonyl (C=O) groups is 1. The van der Waals surface area contributed by atoms with Crippen molar-refractivity contribution in [1.29, 1.82) is 0 Å². The molecule has 17 heavy (non-hydrogen) atoms. The van der Waals surface area contributed by atoms with E-state index >= 15 is 0 Å². The maximum Gasteiger partial charge on any atom is 0.408 e. The van der Waals surface area contributed by atoms with Crippen LogP contribution in [0.3, 0.4) is 0 Å². The van der Waals surface area contributed by atoms with Crippen molar-refractivity contribution in [3.05, 3.63) is 9.47 Å². The lowest BCUT2D eigenvalue weighted by Gasteiger charge is -2.23. The monoisotopic (exact) mass is 369 g/mol. The third-order valence-corrected chi connectivity index (χ3v) is 2.28. The smallest absolute Gasteiger partial charge is 0.408 e. The molecule has 0 aliphatic heterocycles. The summed E-state index contributed by atoms with van der Waals surface area (Å²) in [5.74, 6) is 0.491. The molecule has 5 heteroatoms. The molecule has 0 heterocycles. The van der Waals surface area contributed by atoms with Crippen LogP contribution in [-0.4, -0.2) is 17.7 Å². The van der Waals surface area contributed by atoms with Gasteiger partial charge in [-0.05, 0) is 71.0 Å². The summed E-state index contributed by atoms with van der Waals surface area (Å²) in [5, 5.41) is 2.84. The maximum absolute atomic E-state index is 11.6. The first-order chi connectivity index (χ1) is 7.60. The van der Waals surface area contributed by atoms with Crippen LogP contribution in [0.2, 0.25) is 0 Å². The summed E-state index contributed by atoms with van der Waals surface area (Å²) < 4.78 is 6.05. The van der Waals surface area contributed by atoms with E-state index < -0.39 is 5.60 Å². The van der Waals surface area contributed by atoms with E-state index in [9.17, 15) is 4.79 Å². The van der Waals surface area contributed by atoms with Crippen LogP contribution in [0.15, 0.2) is 9.47 Å². The van der Waals surface area contributed by atoms with E-state index in [1.54, 1.807) is 0 Å². The molecule has 0 bridgehead atoms. The highest BCUT2D eigenvalue weighted by Gasteiger charge is 2.19. The van der Waals surface area contributed by atoms with Crippen molar-refractivity contribution in [3.63, 3.8) is 0 Å². The molecule has 0 saturated carbocycles. The first-order valence-corrected chi connectivity index (χ1v) is 7.21. The van der Waals surface area contributed by atoms with E-state index in [0.29, 0.717) is 5.92 Å². The van der Waals surface area contributed by atoms with Crippen molar-refractivity contribution < 1.29 is 9.53 Å². The average Bonchev–Trinajstić information content (AvgIpc) is 1.95. The molecular formula is C12H21Br2NO2. The van der Waals surface area contributed by atoms with Crippen LogP contribution >= 0.6 is 31.9 Å². The predicted molar refractivity (Wildman–Crippen MR) is 78.5 cm³/mol. The zero-order valence-electron chi connectivity index (χ0n) is 11.0. The Morgan fingerprint density at radius 1 is 1.35 bits per heavy atom. The number of rotatable bonds is 4. The molecule has 0 saturated heterocycles. The van der Waals surface area contributed by atoms with Crippen LogP contribution in [0.4, 0.5) is 4.79 Å². The highest BCUT2D eigenvalue weighted by Crippen LogP contribution is 2.17. The molecule has 3 nitrogen and oxygen atoms in total. The number of halogens is 2. The van der Waals surface area contributed by atoms with Gasteiger partial charge in [0.15, 0.2) is 0 Å². The van der Waals surface area contributed by atoms with Crippen LogP contribution in [0.5, 0.6) is 0 Å². The van der Waals surface area contributed by atoms with Crippen LogP contribution in [0, 0.1) is 5.92 Å². The van der Waals surface area contributed by atoms with Crippen molar-refractivity contribution in [2.24, 2.45) is 5.92 Å². The zero-order valence-corrected chi connectivity index (χ0v) is 14.2. The topological polar surface area (TPSA) is 38.3 Å². The second-order valence-electron chi connectivity index (χ2n) is 5.34. The minimum absolute atomic E-state index is 0.0430. The Labute approximate surface area is 121 Å². The minimum Gasteiger partial charge on any atom is -0.444 e. The van der Waals surface area contributed by atoms with E-state index in [1.165, 1.54) is 0 Å². The van der Waals surface area contributed by atoms with Crippen LogP contribution in [0.25, 0.3) is 0 Å². The molecule has 0 spiro atoms. The Morgan fingerprint density at radius 2 is 1.88 bits per heavy atom. The summed E-state index contributed by atoms with van der Waals surface area (Å²) in [6, 6.07) is -0.0430. The predicted octanol–water partition coefficient (Wildman–Crippen LogP) is 4.56. The summed E-state index contributed by atoms with van der Waals surface area (Å²) in [6.45, 7) is 9.76. The van der Waals surface area contributed by atoms with Gasteiger partial charge in [-0.15, -0.1) is 0 Å². The Balaban J connectivity index is 4.43. The second kappa shape index (κ2) is 7.41. The average molecular weight is 371 g/mol. The second-order valence-corrected chi connectivity index (χ2v) is 8.11. The third kappa shape index (κ3) is 10.8. The molecule has 0 aromatic carbocycles. The molecule has 0 unspecified atom stereocenters. The minimum atomic E-state index is -0.470. The van der Waals surface area contributed by atoms with Gasteiger partial charge in [0.2, 0.25) is 0 Å². The molecule has 100 valence electrons. The standard InChI is InChI=1S/C12H21Br2NO2/c1-8(2)6-9(7-10(13)14)15-11(16)17-12(3,4)5/h7-9H,6H2,1-5H3,(H,15,16)/t9-/m1/s1. The molecule has 0 fully saturated rings. The first-order valence-electron chi connectivity index (χ1n) is 5.62. The fourth-order valence-electron chi connectivity index (χ4n) is 1.29. The summed E-state index contributed by atoms with van der Waals surface area (Å²) >= 11 is 6.60. The van der Waals surface area contributed by atoms with Gasteiger partial charge >= 0.3 is 6.09 Å². The van der Waals surface area contributed by atoms with Gasteiger partial charge in [0.05, 0.1) is 9.43 Å². The van der Waals surface area contributed by atoms with Crippen LogP contribution in [0.1, 0.15) is 41.0 Å². The number of carbonyl (C=O) groups excluding carboxylic acids is 1.